The lowest BCUT2D eigenvalue weighted by atomic mass is 10.1. The number of pyridine rings is 1. The molecule has 2 aromatic heterocycles. The Bertz CT molecular complexity index is 1170. The number of likely N-dealkylation sites (tertiary alicyclic amines) is 1. The van der Waals surface area contributed by atoms with Crippen LogP contribution >= 0.6 is 12.4 Å². The number of imidazole rings is 1. The van der Waals surface area contributed by atoms with Gasteiger partial charge in [-0.05, 0) is 70.0 Å². The Hall–Kier alpha value is -2.68. The molecule has 9 heteroatoms. The second-order valence-corrected chi connectivity index (χ2v) is 9.67. The molecule has 0 bridgehead atoms. The molecule has 1 atom stereocenters. The summed E-state index contributed by atoms with van der Waals surface area (Å²) in [6.07, 6.45) is 7.21. The minimum Gasteiger partial charge on any atom is -0.488 e. The van der Waals surface area contributed by atoms with Gasteiger partial charge in [0.05, 0.1) is 5.52 Å². The van der Waals surface area contributed by atoms with Crippen molar-refractivity contribution < 1.29 is 9.53 Å². The lowest BCUT2D eigenvalue weighted by molar-refractivity contribution is 0.102. The van der Waals surface area contributed by atoms with Crippen LogP contribution in [0.2, 0.25) is 0 Å². The first-order valence-electron chi connectivity index (χ1n) is 13.0. The molecule has 0 aliphatic carbocycles. The molecule has 4 heterocycles. The number of aromatic nitrogens is 3. The second-order valence-electron chi connectivity index (χ2n) is 9.67. The molecule has 5 rings (SSSR count). The third kappa shape index (κ3) is 5.82. The van der Waals surface area contributed by atoms with E-state index in [1.807, 2.05) is 19.1 Å². The summed E-state index contributed by atoms with van der Waals surface area (Å²) in [5, 5.41) is 6.67. The van der Waals surface area contributed by atoms with Crippen molar-refractivity contribution in [3.8, 4) is 5.75 Å². The molecule has 1 unspecified atom stereocenters. The zero-order valence-corrected chi connectivity index (χ0v) is 22.0. The molecule has 2 aliphatic heterocycles. The molecule has 1 amide bonds. The lowest BCUT2D eigenvalue weighted by Gasteiger charge is -2.31. The van der Waals surface area contributed by atoms with E-state index < -0.39 is 0 Å². The monoisotopic (exact) mass is 512 g/mol. The number of ether oxygens (including phenoxy) is 1. The molecule has 2 N–H and O–H groups in total. The third-order valence-electron chi connectivity index (χ3n) is 7.22. The van der Waals surface area contributed by atoms with Crippen molar-refractivity contribution in [2.45, 2.75) is 58.1 Å². The number of anilines is 1. The van der Waals surface area contributed by atoms with Crippen molar-refractivity contribution in [1.29, 1.82) is 0 Å². The first kappa shape index (κ1) is 26.4. The standard InChI is InChI=1S/C27H36N6O2.ClH/c1-3-32-15-11-22(12-16-32)35-24-9-6-8-23-25(24)33(21-7-4-5-13-28-18-21)27(30-23)31-26(34)20-10-14-29-19(2)17-20;/h6,8-10,14,17,21-22,28H,3-5,7,11-13,15-16,18H2,1-2H3,(H,30,31,34);1H. The van der Waals surface area contributed by atoms with Gasteiger partial charge in [-0.15, -0.1) is 12.4 Å². The molecule has 36 heavy (non-hydrogen) atoms. The molecule has 194 valence electrons. The molecule has 2 saturated heterocycles. The normalized spacial score (nSPS) is 19.4. The molecular formula is C27H37ClN6O2. The van der Waals surface area contributed by atoms with E-state index >= 15 is 0 Å². The van der Waals surface area contributed by atoms with Crippen LogP contribution < -0.4 is 15.4 Å². The Labute approximate surface area is 219 Å². The van der Waals surface area contributed by atoms with Crippen LogP contribution in [-0.4, -0.2) is 64.2 Å². The van der Waals surface area contributed by atoms with Gasteiger partial charge in [-0.3, -0.25) is 15.1 Å². The number of fused-ring (bicyclic) bond motifs is 1. The molecule has 0 radical (unpaired) electrons. The van der Waals surface area contributed by atoms with Crippen LogP contribution in [0.3, 0.4) is 0 Å². The van der Waals surface area contributed by atoms with E-state index in [0.717, 1.165) is 87.3 Å². The Morgan fingerprint density at radius 1 is 1.19 bits per heavy atom. The quantitative estimate of drug-likeness (QED) is 0.502. The second kappa shape index (κ2) is 12.0. The van der Waals surface area contributed by atoms with Gasteiger partial charge in [0, 0.05) is 43.1 Å². The fourth-order valence-electron chi connectivity index (χ4n) is 5.26. The van der Waals surface area contributed by atoms with Gasteiger partial charge in [0.25, 0.3) is 5.91 Å². The minimum atomic E-state index is -0.178. The average Bonchev–Trinajstić information content (AvgIpc) is 3.03. The lowest BCUT2D eigenvalue weighted by Crippen LogP contribution is -2.38. The highest BCUT2D eigenvalue weighted by Gasteiger charge is 2.26. The highest BCUT2D eigenvalue weighted by atomic mass is 35.5. The number of halogens is 1. The van der Waals surface area contributed by atoms with Crippen LogP contribution in [-0.2, 0) is 0 Å². The van der Waals surface area contributed by atoms with Crippen molar-refractivity contribution in [2.75, 3.05) is 38.0 Å². The van der Waals surface area contributed by atoms with E-state index in [2.05, 4.69) is 38.1 Å². The number of carbonyl (C=O) groups is 1. The number of para-hydroxylation sites is 1. The summed E-state index contributed by atoms with van der Waals surface area (Å²) in [5.41, 5.74) is 3.21. The number of piperidine rings is 1. The number of carbonyl (C=O) groups excluding carboxylic acids is 1. The maximum Gasteiger partial charge on any atom is 0.258 e. The summed E-state index contributed by atoms with van der Waals surface area (Å²) in [5.74, 6) is 1.25. The average molecular weight is 513 g/mol. The van der Waals surface area contributed by atoms with E-state index in [1.165, 1.54) is 0 Å². The van der Waals surface area contributed by atoms with Gasteiger partial charge >= 0.3 is 0 Å². The Morgan fingerprint density at radius 3 is 2.81 bits per heavy atom. The number of rotatable bonds is 6. The molecule has 3 aromatic rings. The Kier molecular flexibility index (Phi) is 8.82. The van der Waals surface area contributed by atoms with E-state index in [0.29, 0.717) is 11.5 Å². The zero-order valence-electron chi connectivity index (χ0n) is 21.2. The number of hydrogen-bond acceptors (Lipinski definition) is 6. The van der Waals surface area contributed by atoms with E-state index in [9.17, 15) is 4.79 Å². The van der Waals surface area contributed by atoms with Gasteiger partial charge in [-0.1, -0.05) is 19.4 Å². The first-order chi connectivity index (χ1) is 17.1. The van der Waals surface area contributed by atoms with Gasteiger partial charge in [0.15, 0.2) is 0 Å². The topological polar surface area (TPSA) is 84.3 Å². The fraction of sp³-hybridized carbons (Fsp3) is 0.519. The molecule has 0 spiro atoms. The molecule has 2 fully saturated rings. The summed E-state index contributed by atoms with van der Waals surface area (Å²) in [4.78, 5) is 24.7. The smallest absolute Gasteiger partial charge is 0.258 e. The summed E-state index contributed by atoms with van der Waals surface area (Å²) in [6, 6.07) is 9.78. The SMILES string of the molecule is CCN1CCC(Oc2cccc3nc(NC(=O)c4ccnc(C)c4)n(C4CCCCNC4)c23)CC1.Cl. The summed E-state index contributed by atoms with van der Waals surface area (Å²) in [6.45, 7) is 9.17. The van der Waals surface area contributed by atoms with E-state index in [-0.39, 0.29) is 30.5 Å². The minimum absolute atomic E-state index is 0. The summed E-state index contributed by atoms with van der Waals surface area (Å²) >= 11 is 0. The number of aryl methyl sites for hydroxylation is 1. The van der Waals surface area contributed by atoms with Gasteiger partial charge in [0.2, 0.25) is 5.95 Å². The number of nitrogens with zero attached hydrogens (tertiary/aromatic N) is 4. The highest BCUT2D eigenvalue weighted by Crippen LogP contribution is 2.35. The van der Waals surface area contributed by atoms with Gasteiger partial charge in [-0.25, -0.2) is 4.98 Å². The number of benzene rings is 1. The van der Waals surface area contributed by atoms with Crippen molar-refractivity contribution in [2.24, 2.45) is 0 Å². The first-order valence-corrected chi connectivity index (χ1v) is 13.0. The molecule has 8 nitrogen and oxygen atoms in total. The van der Waals surface area contributed by atoms with Crippen LogP contribution in [0.15, 0.2) is 36.5 Å². The van der Waals surface area contributed by atoms with Crippen LogP contribution in [0, 0.1) is 6.92 Å². The zero-order chi connectivity index (χ0) is 24.2. The Morgan fingerprint density at radius 2 is 2.03 bits per heavy atom. The fourth-order valence-corrected chi connectivity index (χ4v) is 5.26. The molecular weight excluding hydrogens is 476 g/mol. The van der Waals surface area contributed by atoms with Crippen molar-refractivity contribution in [1.82, 2.24) is 24.8 Å². The predicted molar refractivity (Wildman–Crippen MR) is 145 cm³/mol. The van der Waals surface area contributed by atoms with Crippen LogP contribution in [0.4, 0.5) is 5.95 Å². The number of amides is 1. The number of hydrogen-bond donors (Lipinski definition) is 2. The highest BCUT2D eigenvalue weighted by molar-refractivity contribution is 6.04. The number of nitrogens with one attached hydrogen (secondary N) is 2. The predicted octanol–water partition coefficient (Wildman–Crippen LogP) is 4.59. The summed E-state index contributed by atoms with van der Waals surface area (Å²) < 4.78 is 8.82. The van der Waals surface area contributed by atoms with Crippen molar-refractivity contribution >= 4 is 35.3 Å². The van der Waals surface area contributed by atoms with Gasteiger partial charge < -0.3 is 19.5 Å². The van der Waals surface area contributed by atoms with Gasteiger partial charge in [0.1, 0.15) is 17.4 Å². The van der Waals surface area contributed by atoms with Crippen LogP contribution in [0.25, 0.3) is 11.0 Å². The van der Waals surface area contributed by atoms with Crippen LogP contribution in [0.5, 0.6) is 5.75 Å². The van der Waals surface area contributed by atoms with Crippen molar-refractivity contribution in [3.63, 3.8) is 0 Å². The van der Waals surface area contributed by atoms with E-state index in [4.69, 9.17) is 9.72 Å². The maximum atomic E-state index is 13.2. The third-order valence-corrected chi connectivity index (χ3v) is 7.22. The summed E-state index contributed by atoms with van der Waals surface area (Å²) in [7, 11) is 0. The Balaban J connectivity index is 0.00000304. The molecule has 2 aliphatic rings. The van der Waals surface area contributed by atoms with Gasteiger partial charge in [-0.2, -0.15) is 0 Å². The van der Waals surface area contributed by atoms with E-state index in [1.54, 1.807) is 18.3 Å². The largest absolute Gasteiger partial charge is 0.488 e. The molecule has 0 saturated carbocycles. The van der Waals surface area contributed by atoms with Crippen LogP contribution in [0.1, 0.15) is 61.1 Å². The van der Waals surface area contributed by atoms with Crippen molar-refractivity contribution in [3.05, 3.63) is 47.8 Å². The molecule has 1 aromatic carbocycles. The maximum absolute atomic E-state index is 13.2.